The van der Waals surface area contributed by atoms with Crippen LogP contribution in [0.2, 0.25) is 0 Å². The number of benzene rings is 1. The summed E-state index contributed by atoms with van der Waals surface area (Å²) >= 11 is 0. The van der Waals surface area contributed by atoms with Gasteiger partial charge in [-0.1, -0.05) is 17.7 Å². The Balaban J connectivity index is 1.72. The van der Waals surface area contributed by atoms with Crippen molar-refractivity contribution in [3.05, 3.63) is 29.8 Å². The Bertz CT molecular complexity index is 841. The number of aryl methyl sites for hydroxylation is 1. The van der Waals surface area contributed by atoms with Crippen LogP contribution in [0.1, 0.15) is 31.7 Å². The van der Waals surface area contributed by atoms with Crippen LogP contribution in [0.3, 0.4) is 0 Å². The average molecular weight is 393 g/mol. The zero-order valence-corrected chi connectivity index (χ0v) is 16.1. The summed E-state index contributed by atoms with van der Waals surface area (Å²) in [4.78, 5) is 23.7. The maximum absolute atomic E-state index is 12.1. The number of ether oxygens (including phenoxy) is 1. The normalized spacial score (nSPS) is 16.0. The summed E-state index contributed by atoms with van der Waals surface area (Å²) in [7, 11) is -3.71. The van der Waals surface area contributed by atoms with E-state index in [0.717, 1.165) is 18.4 Å². The summed E-state index contributed by atoms with van der Waals surface area (Å²) in [6, 6.07) is 8.39. The molecule has 1 atom stereocenters. The second kappa shape index (κ2) is 8.50. The van der Waals surface area contributed by atoms with Crippen molar-refractivity contribution in [3.63, 3.8) is 0 Å². The predicted molar refractivity (Wildman–Crippen MR) is 96.8 cm³/mol. The minimum atomic E-state index is -3.71. The van der Waals surface area contributed by atoms with Crippen molar-refractivity contribution in [3.8, 4) is 6.07 Å². The Morgan fingerprint density at radius 2 is 1.93 bits per heavy atom. The Kier molecular flexibility index (Phi) is 6.57. The quantitative estimate of drug-likeness (QED) is 0.603. The van der Waals surface area contributed by atoms with Gasteiger partial charge in [-0.05, 0) is 44.7 Å². The van der Waals surface area contributed by atoms with E-state index in [1.54, 1.807) is 19.1 Å². The maximum Gasteiger partial charge on any atom is 0.307 e. The Hall–Kier alpha value is -2.44. The highest BCUT2D eigenvalue weighted by Crippen LogP contribution is 2.39. The van der Waals surface area contributed by atoms with Gasteiger partial charge in [0, 0.05) is 6.54 Å². The molecule has 1 unspecified atom stereocenters. The Morgan fingerprint density at radius 3 is 2.48 bits per heavy atom. The van der Waals surface area contributed by atoms with Crippen LogP contribution in [0.4, 0.5) is 0 Å². The first-order valence-electron chi connectivity index (χ1n) is 8.60. The molecule has 0 spiro atoms. The average Bonchev–Trinajstić information content (AvgIpc) is 3.45. The van der Waals surface area contributed by atoms with E-state index in [4.69, 9.17) is 4.74 Å². The van der Waals surface area contributed by atoms with Gasteiger partial charge in [0.2, 0.25) is 10.0 Å². The molecule has 1 aromatic carbocycles. The molecule has 1 aromatic rings. The molecule has 146 valence electrons. The SMILES string of the molecule is Cc1ccc(S(=O)(=O)NCCC(=O)OCC(=O)NC(C)(C#N)C2CC2)cc1. The summed E-state index contributed by atoms with van der Waals surface area (Å²) in [6.07, 6.45) is 1.55. The molecule has 9 heteroatoms. The van der Waals surface area contributed by atoms with Gasteiger partial charge in [-0.2, -0.15) is 5.26 Å². The summed E-state index contributed by atoms with van der Waals surface area (Å²) < 4.78 is 31.3. The monoisotopic (exact) mass is 393 g/mol. The van der Waals surface area contributed by atoms with Crippen LogP contribution in [-0.4, -0.2) is 39.0 Å². The first-order chi connectivity index (χ1) is 12.7. The summed E-state index contributed by atoms with van der Waals surface area (Å²) in [5.74, 6) is -1.14. The third-order valence-corrected chi connectivity index (χ3v) is 5.82. The van der Waals surface area contributed by atoms with E-state index in [1.165, 1.54) is 12.1 Å². The zero-order valence-electron chi connectivity index (χ0n) is 15.3. The van der Waals surface area contributed by atoms with E-state index in [1.807, 2.05) is 6.92 Å². The molecule has 2 rings (SSSR count). The Morgan fingerprint density at radius 1 is 1.30 bits per heavy atom. The van der Waals surface area contributed by atoms with E-state index >= 15 is 0 Å². The first kappa shape index (κ1) is 20.9. The highest BCUT2D eigenvalue weighted by molar-refractivity contribution is 7.89. The number of esters is 1. The van der Waals surface area contributed by atoms with Gasteiger partial charge in [0.25, 0.3) is 5.91 Å². The van der Waals surface area contributed by atoms with Crippen LogP contribution < -0.4 is 10.0 Å². The molecule has 0 aromatic heterocycles. The molecule has 0 saturated heterocycles. The molecule has 2 N–H and O–H groups in total. The lowest BCUT2D eigenvalue weighted by atomic mass is 9.98. The number of carbonyl (C=O) groups excluding carboxylic acids is 2. The first-order valence-corrected chi connectivity index (χ1v) is 10.1. The largest absolute Gasteiger partial charge is 0.456 e. The Labute approximate surface area is 158 Å². The van der Waals surface area contributed by atoms with Crippen LogP contribution >= 0.6 is 0 Å². The molecule has 1 saturated carbocycles. The summed E-state index contributed by atoms with van der Waals surface area (Å²) in [5, 5.41) is 11.8. The molecular formula is C18H23N3O5S. The lowest BCUT2D eigenvalue weighted by molar-refractivity contribution is -0.148. The van der Waals surface area contributed by atoms with E-state index in [0.29, 0.717) is 0 Å². The third-order valence-electron chi connectivity index (χ3n) is 4.34. The van der Waals surface area contributed by atoms with Crippen LogP contribution in [0.5, 0.6) is 0 Å². The minimum Gasteiger partial charge on any atom is -0.456 e. The molecular weight excluding hydrogens is 370 g/mol. The highest BCUT2D eigenvalue weighted by atomic mass is 32.2. The van der Waals surface area contributed by atoms with Gasteiger partial charge in [-0.3, -0.25) is 9.59 Å². The number of carbonyl (C=O) groups is 2. The van der Waals surface area contributed by atoms with Gasteiger partial charge >= 0.3 is 5.97 Å². The lowest BCUT2D eigenvalue weighted by Gasteiger charge is -2.22. The molecule has 8 nitrogen and oxygen atoms in total. The molecule has 1 fully saturated rings. The van der Waals surface area contributed by atoms with Crippen molar-refractivity contribution in [2.45, 2.75) is 43.5 Å². The van der Waals surface area contributed by atoms with Crippen molar-refractivity contribution in [2.24, 2.45) is 5.92 Å². The predicted octanol–water partition coefficient (Wildman–Crippen LogP) is 1.02. The van der Waals surface area contributed by atoms with E-state index in [-0.39, 0.29) is 23.8 Å². The number of nitrogens with zero attached hydrogens (tertiary/aromatic N) is 1. The van der Waals surface area contributed by atoms with Gasteiger partial charge in [-0.25, -0.2) is 13.1 Å². The van der Waals surface area contributed by atoms with Crippen molar-refractivity contribution in [2.75, 3.05) is 13.2 Å². The molecule has 0 aliphatic heterocycles. The van der Waals surface area contributed by atoms with E-state index in [9.17, 15) is 23.3 Å². The number of amides is 1. The molecule has 1 aliphatic rings. The van der Waals surface area contributed by atoms with Crippen molar-refractivity contribution < 1.29 is 22.7 Å². The lowest BCUT2D eigenvalue weighted by Crippen LogP contribution is -2.48. The topological polar surface area (TPSA) is 125 Å². The van der Waals surface area contributed by atoms with Gasteiger partial charge in [0.05, 0.1) is 17.4 Å². The summed E-state index contributed by atoms with van der Waals surface area (Å²) in [6.45, 7) is 2.84. The van der Waals surface area contributed by atoms with Crippen molar-refractivity contribution in [1.82, 2.24) is 10.0 Å². The standard InChI is InChI=1S/C18H23N3O5S/c1-13-3-7-15(8-4-13)27(24,25)20-10-9-17(23)26-11-16(22)21-18(2,12-19)14-5-6-14/h3-4,7-8,14,20H,5-6,9-11H2,1-2H3,(H,21,22). The van der Waals surface area contributed by atoms with Crippen LogP contribution in [0.15, 0.2) is 29.2 Å². The zero-order chi connectivity index (χ0) is 20.1. The maximum atomic E-state index is 12.1. The van der Waals surface area contributed by atoms with Crippen LogP contribution in [-0.2, 0) is 24.3 Å². The number of sulfonamides is 1. The minimum absolute atomic E-state index is 0.108. The molecule has 0 bridgehead atoms. The van der Waals surface area contributed by atoms with E-state index < -0.39 is 34.0 Å². The number of hydrogen-bond donors (Lipinski definition) is 2. The fraction of sp³-hybridized carbons (Fsp3) is 0.500. The number of nitriles is 1. The molecule has 1 aliphatic carbocycles. The smallest absolute Gasteiger partial charge is 0.307 e. The van der Waals surface area contributed by atoms with Crippen molar-refractivity contribution in [1.29, 1.82) is 5.26 Å². The van der Waals surface area contributed by atoms with Crippen LogP contribution in [0, 0.1) is 24.2 Å². The van der Waals surface area contributed by atoms with Gasteiger partial charge in [0.1, 0.15) is 5.54 Å². The molecule has 27 heavy (non-hydrogen) atoms. The fourth-order valence-electron chi connectivity index (χ4n) is 2.51. The molecule has 1 amide bonds. The number of nitrogens with one attached hydrogen (secondary N) is 2. The van der Waals surface area contributed by atoms with Gasteiger partial charge < -0.3 is 10.1 Å². The van der Waals surface area contributed by atoms with Gasteiger partial charge in [-0.15, -0.1) is 0 Å². The second-order valence-electron chi connectivity index (χ2n) is 6.76. The summed E-state index contributed by atoms with van der Waals surface area (Å²) in [5.41, 5.74) is -0.0161. The molecule has 0 radical (unpaired) electrons. The third kappa shape index (κ3) is 6.05. The number of rotatable bonds is 9. The van der Waals surface area contributed by atoms with Gasteiger partial charge in [0.15, 0.2) is 6.61 Å². The number of hydrogen-bond acceptors (Lipinski definition) is 6. The fourth-order valence-corrected chi connectivity index (χ4v) is 3.55. The van der Waals surface area contributed by atoms with Crippen LogP contribution in [0.25, 0.3) is 0 Å². The van der Waals surface area contributed by atoms with Crippen molar-refractivity contribution >= 4 is 21.9 Å². The molecule has 0 heterocycles. The highest BCUT2D eigenvalue weighted by Gasteiger charge is 2.43. The second-order valence-corrected chi connectivity index (χ2v) is 8.53. The van der Waals surface area contributed by atoms with E-state index in [2.05, 4.69) is 16.1 Å².